The summed E-state index contributed by atoms with van der Waals surface area (Å²) in [6.45, 7) is 8.18. The van der Waals surface area contributed by atoms with Gasteiger partial charge in [-0.25, -0.2) is 0 Å². The molecule has 0 bridgehead atoms. The van der Waals surface area contributed by atoms with Crippen LogP contribution in [0, 0.1) is 6.92 Å². The second-order valence-corrected chi connectivity index (χ2v) is 5.18. The van der Waals surface area contributed by atoms with E-state index in [-0.39, 0.29) is 0 Å². The Balaban J connectivity index is 2.10. The number of aromatic nitrogens is 1. The lowest BCUT2D eigenvalue weighted by molar-refractivity contribution is 0.471. The van der Waals surface area contributed by atoms with Gasteiger partial charge in [0.15, 0.2) is 0 Å². The van der Waals surface area contributed by atoms with Crippen molar-refractivity contribution >= 4 is 0 Å². The number of hydrogen-bond acceptors (Lipinski definition) is 3. The molecule has 0 fully saturated rings. The van der Waals surface area contributed by atoms with Crippen molar-refractivity contribution in [1.82, 2.24) is 10.3 Å². The Bertz CT molecular complexity index is 581. The number of nitrogens with one attached hydrogen (secondary N) is 1. The van der Waals surface area contributed by atoms with E-state index in [2.05, 4.69) is 36.3 Å². The lowest BCUT2D eigenvalue weighted by Crippen LogP contribution is -2.13. The maximum absolute atomic E-state index is 6.01. The molecule has 0 spiro atoms. The van der Waals surface area contributed by atoms with Gasteiger partial charge in [0.05, 0.1) is 5.69 Å². The minimum absolute atomic E-state index is 0.849. The molecule has 1 aromatic heterocycles. The third-order valence-electron chi connectivity index (χ3n) is 3.29. The molecule has 2 rings (SSSR count). The molecule has 0 aliphatic carbocycles. The largest absolute Gasteiger partial charge is 0.455 e. The fraction of sp³-hybridized carbons (Fsp3) is 0.389. The van der Waals surface area contributed by atoms with Crippen LogP contribution in [0.1, 0.15) is 37.2 Å². The normalized spacial score (nSPS) is 10.6. The van der Waals surface area contributed by atoms with Gasteiger partial charge in [0.25, 0.3) is 0 Å². The fourth-order valence-electron chi connectivity index (χ4n) is 2.20. The quantitative estimate of drug-likeness (QED) is 0.772. The number of benzene rings is 1. The number of aryl methyl sites for hydroxylation is 2. The van der Waals surface area contributed by atoms with Crippen molar-refractivity contribution in [2.75, 3.05) is 6.54 Å². The fourth-order valence-corrected chi connectivity index (χ4v) is 2.20. The molecule has 1 N–H and O–H groups in total. The van der Waals surface area contributed by atoms with Gasteiger partial charge in [-0.3, -0.25) is 4.98 Å². The van der Waals surface area contributed by atoms with Crippen LogP contribution >= 0.6 is 0 Å². The zero-order valence-corrected chi connectivity index (χ0v) is 13.1. The molecule has 21 heavy (non-hydrogen) atoms. The van der Waals surface area contributed by atoms with Gasteiger partial charge in [-0.05, 0) is 56.1 Å². The maximum atomic E-state index is 6.01. The predicted molar refractivity (Wildman–Crippen MR) is 86.9 cm³/mol. The lowest BCUT2D eigenvalue weighted by Gasteiger charge is -2.11. The van der Waals surface area contributed by atoms with Crippen molar-refractivity contribution in [3.05, 3.63) is 53.3 Å². The molecule has 3 nitrogen and oxygen atoms in total. The van der Waals surface area contributed by atoms with Crippen molar-refractivity contribution in [2.45, 2.75) is 40.2 Å². The summed E-state index contributed by atoms with van der Waals surface area (Å²) in [5.41, 5.74) is 3.26. The second-order valence-electron chi connectivity index (χ2n) is 5.18. The molecule has 1 aromatic carbocycles. The van der Waals surface area contributed by atoms with Crippen LogP contribution in [0.4, 0.5) is 0 Å². The van der Waals surface area contributed by atoms with Crippen LogP contribution in [0.3, 0.4) is 0 Å². The van der Waals surface area contributed by atoms with E-state index in [1.165, 1.54) is 5.56 Å². The highest BCUT2D eigenvalue weighted by atomic mass is 16.5. The lowest BCUT2D eigenvalue weighted by atomic mass is 10.2. The Hall–Kier alpha value is -1.87. The van der Waals surface area contributed by atoms with Crippen molar-refractivity contribution in [1.29, 1.82) is 0 Å². The van der Waals surface area contributed by atoms with Gasteiger partial charge < -0.3 is 10.1 Å². The van der Waals surface area contributed by atoms with Crippen LogP contribution < -0.4 is 10.1 Å². The van der Waals surface area contributed by atoms with Gasteiger partial charge in [0.2, 0.25) is 0 Å². The Labute approximate surface area is 127 Å². The van der Waals surface area contributed by atoms with Crippen LogP contribution in [0.25, 0.3) is 0 Å². The molecule has 0 saturated heterocycles. The van der Waals surface area contributed by atoms with E-state index >= 15 is 0 Å². The molecular weight excluding hydrogens is 260 g/mol. The highest BCUT2D eigenvalue weighted by molar-refractivity contribution is 5.36. The van der Waals surface area contributed by atoms with Gasteiger partial charge in [0, 0.05) is 12.2 Å². The topological polar surface area (TPSA) is 34.1 Å². The van der Waals surface area contributed by atoms with Crippen LogP contribution in [0.2, 0.25) is 0 Å². The summed E-state index contributed by atoms with van der Waals surface area (Å²) in [5, 5.41) is 3.40. The van der Waals surface area contributed by atoms with Gasteiger partial charge in [-0.1, -0.05) is 26.0 Å². The van der Waals surface area contributed by atoms with Crippen LogP contribution in [-0.2, 0) is 13.0 Å². The summed E-state index contributed by atoms with van der Waals surface area (Å²) in [4.78, 5) is 4.53. The molecule has 0 aliphatic heterocycles. The molecule has 0 unspecified atom stereocenters. The van der Waals surface area contributed by atoms with E-state index in [0.717, 1.165) is 48.8 Å². The van der Waals surface area contributed by atoms with Gasteiger partial charge in [-0.15, -0.1) is 0 Å². The summed E-state index contributed by atoms with van der Waals surface area (Å²) in [7, 11) is 0. The third-order valence-corrected chi connectivity index (χ3v) is 3.29. The molecular formula is C18H24N2O. The van der Waals surface area contributed by atoms with E-state index < -0.39 is 0 Å². The number of ether oxygens (including phenoxy) is 1. The van der Waals surface area contributed by atoms with Crippen molar-refractivity contribution < 1.29 is 4.74 Å². The first-order valence-electron chi connectivity index (χ1n) is 7.67. The molecule has 0 saturated carbocycles. The monoisotopic (exact) mass is 284 g/mol. The standard InChI is InChI=1S/C18H24N2O/c1-4-11-19-13-15-7-6-8-16(12-15)21-18-10-9-14(3)20-17(18)5-2/h6-10,12,19H,4-5,11,13H2,1-3H3. The minimum atomic E-state index is 0.849. The molecule has 0 amide bonds. The van der Waals surface area contributed by atoms with Crippen LogP contribution in [0.15, 0.2) is 36.4 Å². The third kappa shape index (κ3) is 4.57. The van der Waals surface area contributed by atoms with Crippen LogP contribution in [-0.4, -0.2) is 11.5 Å². The smallest absolute Gasteiger partial charge is 0.148 e. The van der Waals surface area contributed by atoms with E-state index in [0.29, 0.717) is 0 Å². The average Bonchev–Trinajstić information content (AvgIpc) is 2.50. The average molecular weight is 284 g/mol. The predicted octanol–water partition coefficient (Wildman–Crippen LogP) is 4.24. The SMILES string of the molecule is CCCNCc1cccc(Oc2ccc(C)nc2CC)c1. The van der Waals surface area contributed by atoms with Crippen molar-refractivity contribution in [3.8, 4) is 11.5 Å². The summed E-state index contributed by atoms with van der Waals surface area (Å²) >= 11 is 0. The Kier molecular flexibility index (Phi) is 5.76. The van der Waals surface area contributed by atoms with E-state index in [1.54, 1.807) is 0 Å². The molecule has 1 heterocycles. The second kappa shape index (κ2) is 7.79. The van der Waals surface area contributed by atoms with E-state index in [9.17, 15) is 0 Å². The highest BCUT2D eigenvalue weighted by Gasteiger charge is 2.06. The number of nitrogens with zero attached hydrogens (tertiary/aromatic N) is 1. The summed E-state index contributed by atoms with van der Waals surface area (Å²) in [5.74, 6) is 1.72. The summed E-state index contributed by atoms with van der Waals surface area (Å²) < 4.78 is 6.01. The van der Waals surface area contributed by atoms with Gasteiger partial charge in [-0.2, -0.15) is 0 Å². The van der Waals surface area contributed by atoms with Crippen molar-refractivity contribution in [3.63, 3.8) is 0 Å². The number of pyridine rings is 1. The Morgan fingerprint density at radius 3 is 2.76 bits per heavy atom. The van der Waals surface area contributed by atoms with E-state index in [4.69, 9.17) is 4.74 Å². The molecule has 0 radical (unpaired) electrons. The first kappa shape index (κ1) is 15.5. The minimum Gasteiger partial charge on any atom is -0.455 e. The Morgan fingerprint density at radius 1 is 1.14 bits per heavy atom. The maximum Gasteiger partial charge on any atom is 0.148 e. The molecule has 112 valence electrons. The van der Waals surface area contributed by atoms with Crippen molar-refractivity contribution in [2.24, 2.45) is 0 Å². The molecule has 3 heteroatoms. The molecule has 0 atom stereocenters. The van der Waals surface area contributed by atoms with E-state index in [1.807, 2.05) is 31.2 Å². The zero-order valence-electron chi connectivity index (χ0n) is 13.1. The Morgan fingerprint density at radius 2 is 2.00 bits per heavy atom. The number of hydrogen-bond donors (Lipinski definition) is 1. The van der Waals surface area contributed by atoms with Gasteiger partial charge in [0.1, 0.15) is 11.5 Å². The number of rotatable bonds is 7. The summed E-state index contributed by atoms with van der Waals surface area (Å²) in [6.07, 6.45) is 2.01. The highest BCUT2D eigenvalue weighted by Crippen LogP contribution is 2.25. The zero-order chi connectivity index (χ0) is 15.1. The van der Waals surface area contributed by atoms with Gasteiger partial charge >= 0.3 is 0 Å². The first-order chi connectivity index (χ1) is 10.2. The first-order valence-corrected chi connectivity index (χ1v) is 7.67. The van der Waals surface area contributed by atoms with Crippen LogP contribution in [0.5, 0.6) is 11.5 Å². The summed E-state index contributed by atoms with van der Waals surface area (Å²) in [6, 6.07) is 12.2. The molecule has 2 aromatic rings. The molecule has 0 aliphatic rings.